The summed E-state index contributed by atoms with van der Waals surface area (Å²) < 4.78 is 0. The van der Waals surface area contributed by atoms with Gasteiger partial charge in [-0.1, -0.05) is 18.6 Å². The molecule has 1 saturated heterocycles. The normalized spacial score (nSPS) is 33.1. The Kier molecular flexibility index (Phi) is 2.81. The molecule has 1 aliphatic heterocycles. The summed E-state index contributed by atoms with van der Waals surface area (Å²) in [4.78, 5) is 0. The van der Waals surface area contributed by atoms with E-state index in [2.05, 4.69) is 6.92 Å². The highest BCUT2D eigenvalue weighted by Crippen LogP contribution is 2.30. The van der Waals surface area contributed by atoms with E-state index in [9.17, 15) is 0 Å². The molecule has 2 atom stereocenters. The quantitative estimate of drug-likeness (QED) is 0.587. The summed E-state index contributed by atoms with van der Waals surface area (Å²) >= 11 is 1.97. The number of hydrogen-bond donors (Lipinski definition) is 1. The van der Waals surface area contributed by atoms with Crippen molar-refractivity contribution in [1.29, 1.82) is 0 Å². The van der Waals surface area contributed by atoms with Gasteiger partial charge in [-0.25, -0.2) is 0 Å². The Balaban J connectivity index is 2.43. The van der Waals surface area contributed by atoms with Crippen molar-refractivity contribution in [3.8, 4) is 0 Å². The second-order valence-electron chi connectivity index (χ2n) is 2.89. The van der Waals surface area contributed by atoms with Gasteiger partial charge >= 0.3 is 0 Å². The molecule has 2 unspecified atom stereocenters. The first-order valence-corrected chi connectivity index (χ1v) is 4.72. The van der Waals surface area contributed by atoms with Crippen molar-refractivity contribution >= 4 is 11.8 Å². The van der Waals surface area contributed by atoms with Crippen LogP contribution >= 0.6 is 11.8 Å². The summed E-state index contributed by atoms with van der Waals surface area (Å²) in [6.45, 7) is 4.04. The van der Waals surface area contributed by atoms with Crippen molar-refractivity contribution in [3.05, 3.63) is 11.6 Å². The van der Waals surface area contributed by atoms with Gasteiger partial charge in [-0.05, 0) is 13.3 Å². The molecule has 2 heteroatoms. The zero-order chi connectivity index (χ0) is 7.56. The third-order valence-corrected chi connectivity index (χ3v) is 2.85. The van der Waals surface area contributed by atoms with Gasteiger partial charge in [-0.2, -0.15) is 11.8 Å². The molecule has 1 nitrogen and oxygen atoms in total. The SMILES string of the molecule is CC(O)/C=C1/CSC(C)C1. The van der Waals surface area contributed by atoms with Crippen molar-refractivity contribution in [1.82, 2.24) is 0 Å². The minimum Gasteiger partial charge on any atom is -0.389 e. The van der Waals surface area contributed by atoms with E-state index in [1.165, 1.54) is 5.57 Å². The molecule has 1 heterocycles. The fourth-order valence-electron chi connectivity index (χ4n) is 1.19. The molecule has 1 fully saturated rings. The van der Waals surface area contributed by atoms with E-state index in [0.717, 1.165) is 17.4 Å². The predicted molar refractivity (Wildman–Crippen MR) is 46.3 cm³/mol. The van der Waals surface area contributed by atoms with Gasteiger partial charge in [0, 0.05) is 11.0 Å². The molecule has 0 aromatic heterocycles. The van der Waals surface area contributed by atoms with Gasteiger partial charge in [-0.15, -0.1) is 0 Å². The highest BCUT2D eigenvalue weighted by molar-refractivity contribution is 8.00. The molecule has 0 spiro atoms. The smallest absolute Gasteiger partial charge is 0.0695 e. The van der Waals surface area contributed by atoms with Crippen LogP contribution in [0.2, 0.25) is 0 Å². The monoisotopic (exact) mass is 158 g/mol. The zero-order valence-electron chi connectivity index (χ0n) is 6.50. The van der Waals surface area contributed by atoms with Gasteiger partial charge in [-0.3, -0.25) is 0 Å². The molecule has 10 heavy (non-hydrogen) atoms. The van der Waals surface area contributed by atoms with Crippen molar-refractivity contribution in [2.24, 2.45) is 0 Å². The fraction of sp³-hybridized carbons (Fsp3) is 0.750. The molecule has 0 aromatic rings. The Hall–Kier alpha value is 0.0500. The Morgan fingerprint density at radius 1 is 1.80 bits per heavy atom. The van der Waals surface area contributed by atoms with Crippen LogP contribution < -0.4 is 0 Å². The molecular weight excluding hydrogens is 144 g/mol. The van der Waals surface area contributed by atoms with E-state index < -0.39 is 0 Å². The van der Waals surface area contributed by atoms with Crippen LogP contribution in [0, 0.1) is 0 Å². The Labute approximate surface area is 66.5 Å². The fourth-order valence-corrected chi connectivity index (χ4v) is 2.24. The molecule has 1 N–H and O–H groups in total. The summed E-state index contributed by atoms with van der Waals surface area (Å²) in [6.07, 6.45) is 2.87. The van der Waals surface area contributed by atoms with E-state index >= 15 is 0 Å². The van der Waals surface area contributed by atoms with Gasteiger partial charge in [0.2, 0.25) is 0 Å². The van der Waals surface area contributed by atoms with Crippen LogP contribution in [0.3, 0.4) is 0 Å². The van der Waals surface area contributed by atoms with Gasteiger partial charge in [0.05, 0.1) is 6.10 Å². The number of thioether (sulfide) groups is 1. The molecule has 0 amide bonds. The van der Waals surface area contributed by atoms with Crippen LogP contribution in [0.4, 0.5) is 0 Å². The second-order valence-corrected chi connectivity index (χ2v) is 4.32. The Morgan fingerprint density at radius 3 is 2.90 bits per heavy atom. The molecule has 0 bridgehead atoms. The van der Waals surface area contributed by atoms with Gasteiger partial charge in [0.25, 0.3) is 0 Å². The van der Waals surface area contributed by atoms with Crippen LogP contribution in [-0.2, 0) is 0 Å². The number of hydrogen-bond acceptors (Lipinski definition) is 2. The maximum Gasteiger partial charge on any atom is 0.0695 e. The number of aliphatic hydroxyl groups excluding tert-OH is 1. The zero-order valence-corrected chi connectivity index (χ0v) is 7.32. The molecule has 1 rings (SSSR count). The lowest BCUT2D eigenvalue weighted by atomic mass is 10.1. The first kappa shape index (κ1) is 8.15. The first-order valence-electron chi connectivity index (χ1n) is 3.67. The molecule has 1 aliphatic rings. The number of aliphatic hydroxyl groups is 1. The largest absolute Gasteiger partial charge is 0.389 e. The van der Waals surface area contributed by atoms with Gasteiger partial charge in [0.1, 0.15) is 0 Å². The minimum absolute atomic E-state index is 0.263. The predicted octanol–water partition coefficient (Wildman–Crippen LogP) is 1.82. The topological polar surface area (TPSA) is 20.2 Å². The highest BCUT2D eigenvalue weighted by atomic mass is 32.2. The third-order valence-electron chi connectivity index (χ3n) is 1.58. The highest BCUT2D eigenvalue weighted by Gasteiger charge is 2.14. The summed E-state index contributed by atoms with van der Waals surface area (Å²) in [5.74, 6) is 1.12. The van der Waals surface area contributed by atoms with Crippen LogP contribution in [0.15, 0.2) is 11.6 Å². The first-order chi connectivity index (χ1) is 4.68. The Bertz CT molecular complexity index is 140. The summed E-state index contributed by atoms with van der Waals surface area (Å²) in [5.41, 5.74) is 1.41. The third kappa shape index (κ3) is 2.35. The summed E-state index contributed by atoms with van der Waals surface area (Å²) in [5, 5.41) is 9.77. The van der Waals surface area contributed by atoms with Crippen molar-refractivity contribution < 1.29 is 5.11 Å². The lowest BCUT2D eigenvalue weighted by Crippen LogP contribution is -1.96. The summed E-state index contributed by atoms with van der Waals surface area (Å²) in [6, 6.07) is 0. The lowest BCUT2D eigenvalue weighted by Gasteiger charge is -1.97. The van der Waals surface area contributed by atoms with Crippen LogP contribution in [-0.4, -0.2) is 22.2 Å². The second kappa shape index (κ2) is 3.44. The average Bonchev–Trinajstić information content (AvgIpc) is 2.13. The molecule has 0 saturated carbocycles. The maximum atomic E-state index is 9.01. The lowest BCUT2D eigenvalue weighted by molar-refractivity contribution is 0.243. The Morgan fingerprint density at radius 2 is 2.50 bits per heavy atom. The van der Waals surface area contributed by atoms with E-state index in [-0.39, 0.29) is 6.10 Å². The van der Waals surface area contributed by atoms with E-state index in [1.54, 1.807) is 6.92 Å². The molecule has 0 aromatic carbocycles. The van der Waals surface area contributed by atoms with Gasteiger partial charge in [0.15, 0.2) is 0 Å². The molecular formula is C8H14OS. The van der Waals surface area contributed by atoms with Crippen LogP contribution in [0.1, 0.15) is 20.3 Å². The number of rotatable bonds is 1. The minimum atomic E-state index is -0.263. The maximum absolute atomic E-state index is 9.01. The van der Waals surface area contributed by atoms with Crippen molar-refractivity contribution in [2.75, 3.05) is 5.75 Å². The van der Waals surface area contributed by atoms with E-state index in [1.807, 2.05) is 17.8 Å². The van der Waals surface area contributed by atoms with Gasteiger partial charge < -0.3 is 5.11 Å². The standard InChI is InChI=1S/C8H14OS/c1-6(9)3-8-4-7(2)10-5-8/h3,6-7,9H,4-5H2,1-2H3/b8-3+. The van der Waals surface area contributed by atoms with E-state index in [4.69, 9.17) is 5.11 Å². The van der Waals surface area contributed by atoms with Crippen LogP contribution in [0.5, 0.6) is 0 Å². The van der Waals surface area contributed by atoms with Crippen molar-refractivity contribution in [3.63, 3.8) is 0 Å². The van der Waals surface area contributed by atoms with Crippen LogP contribution in [0.25, 0.3) is 0 Å². The molecule has 0 aliphatic carbocycles. The van der Waals surface area contributed by atoms with Crippen molar-refractivity contribution in [2.45, 2.75) is 31.6 Å². The average molecular weight is 158 g/mol. The molecule has 58 valence electrons. The van der Waals surface area contributed by atoms with E-state index in [0.29, 0.717) is 0 Å². The molecule has 0 radical (unpaired) electrons. The summed E-state index contributed by atoms with van der Waals surface area (Å²) in [7, 11) is 0.